The van der Waals surface area contributed by atoms with Gasteiger partial charge >= 0.3 is 6.18 Å². The Labute approximate surface area is 117 Å². The van der Waals surface area contributed by atoms with Gasteiger partial charge in [-0.15, -0.1) is 10.2 Å². The van der Waals surface area contributed by atoms with Crippen molar-refractivity contribution in [2.45, 2.75) is 38.0 Å². The second-order valence-electron chi connectivity index (χ2n) is 5.02. The van der Waals surface area contributed by atoms with E-state index in [-0.39, 0.29) is 25.3 Å². The highest BCUT2D eigenvalue weighted by molar-refractivity contribution is 5.13. The Morgan fingerprint density at radius 2 is 2.29 bits per heavy atom. The Hall–Kier alpha value is -1.97. The van der Waals surface area contributed by atoms with Crippen LogP contribution in [0.3, 0.4) is 0 Å². The van der Waals surface area contributed by atoms with Gasteiger partial charge in [0.05, 0.1) is 0 Å². The molecule has 0 amide bonds. The number of tetrazole rings is 1. The molecule has 0 bridgehead atoms. The standard InChI is InChI=1S/C11H13F3N6O/c1-7-6-21-18-8(7)5-20-17-9(16-19-20)10(11(12,13)14)3-2-4-15-10/h6,15H,2-5H2,1H3. The highest BCUT2D eigenvalue weighted by atomic mass is 19.4. The summed E-state index contributed by atoms with van der Waals surface area (Å²) in [5.41, 5.74) is -0.873. The maximum absolute atomic E-state index is 13.3. The van der Waals surface area contributed by atoms with Crippen LogP contribution in [-0.2, 0) is 12.1 Å². The van der Waals surface area contributed by atoms with Crippen molar-refractivity contribution in [2.75, 3.05) is 6.54 Å². The normalized spacial score (nSPS) is 22.9. The maximum Gasteiger partial charge on any atom is 0.414 e. The molecule has 1 aliphatic heterocycles. The summed E-state index contributed by atoms with van der Waals surface area (Å²) in [6.07, 6.45) is -2.70. The first-order valence-electron chi connectivity index (χ1n) is 6.42. The number of nitrogens with zero attached hydrogens (tertiary/aromatic N) is 5. The lowest BCUT2D eigenvalue weighted by Crippen LogP contribution is -2.50. The largest absolute Gasteiger partial charge is 0.414 e. The van der Waals surface area contributed by atoms with E-state index in [1.807, 2.05) is 0 Å². The fourth-order valence-corrected chi connectivity index (χ4v) is 2.38. The van der Waals surface area contributed by atoms with Gasteiger partial charge in [0.25, 0.3) is 0 Å². The molecule has 114 valence electrons. The van der Waals surface area contributed by atoms with Gasteiger partial charge in [0.15, 0.2) is 5.54 Å². The van der Waals surface area contributed by atoms with E-state index < -0.39 is 11.7 Å². The van der Waals surface area contributed by atoms with E-state index >= 15 is 0 Å². The van der Waals surface area contributed by atoms with E-state index in [1.54, 1.807) is 6.92 Å². The van der Waals surface area contributed by atoms with Gasteiger partial charge in [0.1, 0.15) is 18.5 Å². The first kappa shape index (κ1) is 14.0. The van der Waals surface area contributed by atoms with Crippen molar-refractivity contribution < 1.29 is 17.7 Å². The van der Waals surface area contributed by atoms with Crippen molar-refractivity contribution >= 4 is 0 Å². The van der Waals surface area contributed by atoms with Crippen molar-refractivity contribution in [2.24, 2.45) is 0 Å². The molecule has 3 heterocycles. The van der Waals surface area contributed by atoms with E-state index in [4.69, 9.17) is 4.52 Å². The Kier molecular flexibility index (Phi) is 3.19. The average Bonchev–Trinajstić information content (AvgIpc) is 3.11. The minimum absolute atomic E-state index is 0.0921. The van der Waals surface area contributed by atoms with Crippen LogP contribution in [0.25, 0.3) is 0 Å². The number of aromatic nitrogens is 5. The molecule has 0 spiro atoms. The zero-order valence-corrected chi connectivity index (χ0v) is 11.2. The molecular weight excluding hydrogens is 289 g/mol. The van der Waals surface area contributed by atoms with Crippen molar-refractivity contribution in [1.82, 2.24) is 30.7 Å². The quantitative estimate of drug-likeness (QED) is 0.916. The minimum atomic E-state index is -4.47. The summed E-state index contributed by atoms with van der Waals surface area (Å²) in [7, 11) is 0. The van der Waals surface area contributed by atoms with Gasteiger partial charge in [0.2, 0.25) is 5.82 Å². The van der Waals surface area contributed by atoms with Crippen molar-refractivity contribution in [3.05, 3.63) is 23.3 Å². The van der Waals surface area contributed by atoms with E-state index in [0.717, 1.165) is 10.4 Å². The number of aryl methyl sites for hydroxylation is 1. The molecule has 3 rings (SSSR count). The highest BCUT2D eigenvalue weighted by Gasteiger charge is 2.60. The predicted octanol–water partition coefficient (Wildman–Crippen LogP) is 1.16. The van der Waals surface area contributed by atoms with Gasteiger partial charge in [-0.2, -0.15) is 18.0 Å². The Bertz CT molecular complexity index is 628. The molecular formula is C11H13F3N6O. The monoisotopic (exact) mass is 302 g/mol. The lowest BCUT2D eigenvalue weighted by Gasteiger charge is -2.28. The van der Waals surface area contributed by atoms with Gasteiger partial charge in [0, 0.05) is 5.56 Å². The van der Waals surface area contributed by atoms with Gasteiger partial charge in [-0.25, -0.2) is 0 Å². The Balaban J connectivity index is 1.88. The molecule has 2 aromatic heterocycles. The lowest BCUT2D eigenvalue weighted by molar-refractivity contribution is -0.198. The van der Waals surface area contributed by atoms with Gasteiger partial charge in [-0.05, 0) is 31.5 Å². The SMILES string of the molecule is Cc1conc1Cn1nnc(C2(C(F)(F)F)CCCN2)n1. The van der Waals surface area contributed by atoms with E-state index in [0.29, 0.717) is 12.1 Å². The topological polar surface area (TPSA) is 81.7 Å². The summed E-state index contributed by atoms with van der Waals surface area (Å²) < 4.78 is 44.8. The molecule has 1 atom stereocenters. The number of hydrogen-bond acceptors (Lipinski definition) is 6. The maximum atomic E-state index is 13.3. The molecule has 1 N–H and O–H groups in total. The fourth-order valence-electron chi connectivity index (χ4n) is 2.38. The number of nitrogens with one attached hydrogen (secondary N) is 1. The molecule has 10 heteroatoms. The third-order valence-corrected chi connectivity index (χ3v) is 3.61. The highest BCUT2D eigenvalue weighted by Crippen LogP contribution is 2.43. The molecule has 7 nitrogen and oxygen atoms in total. The van der Waals surface area contributed by atoms with Crippen LogP contribution in [0, 0.1) is 6.92 Å². The van der Waals surface area contributed by atoms with Crippen LogP contribution in [0.15, 0.2) is 10.8 Å². The molecule has 2 aromatic rings. The summed E-state index contributed by atoms with van der Waals surface area (Å²) in [5.74, 6) is -0.353. The fraction of sp³-hybridized carbons (Fsp3) is 0.636. The zero-order chi connectivity index (χ0) is 15.1. The van der Waals surface area contributed by atoms with Crippen LogP contribution in [0.2, 0.25) is 0 Å². The molecule has 0 aliphatic carbocycles. The molecule has 21 heavy (non-hydrogen) atoms. The van der Waals surface area contributed by atoms with Crippen molar-refractivity contribution in [1.29, 1.82) is 0 Å². The van der Waals surface area contributed by atoms with Crippen molar-refractivity contribution in [3.8, 4) is 0 Å². The summed E-state index contributed by atoms with van der Waals surface area (Å²) in [4.78, 5) is 1.09. The van der Waals surface area contributed by atoms with Gasteiger partial charge < -0.3 is 4.52 Å². The second-order valence-corrected chi connectivity index (χ2v) is 5.02. The first-order valence-corrected chi connectivity index (χ1v) is 6.42. The Morgan fingerprint density at radius 1 is 1.48 bits per heavy atom. The molecule has 0 radical (unpaired) electrons. The minimum Gasteiger partial charge on any atom is -0.364 e. The number of hydrogen-bond donors (Lipinski definition) is 1. The first-order chi connectivity index (χ1) is 9.92. The van der Waals surface area contributed by atoms with Crippen LogP contribution in [0.4, 0.5) is 13.2 Å². The zero-order valence-electron chi connectivity index (χ0n) is 11.2. The summed E-state index contributed by atoms with van der Waals surface area (Å²) in [6, 6.07) is 0. The summed E-state index contributed by atoms with van der Waals surface area (Å²) in [5, 5.41) is 17.4. The third kappa shape index (κ3) is 2.28. The van der Waals surface area contributed by atoms with E-state index in [9.17, 15) is 13.2 Å². The van der Waals surface area contributed by atoms with Crippen LogP contribution >= 0.6 is 0 Å². The van der Waals surface area contributed by atoms with Gasteiger partial charge in [-0.1, -0.05) is 5.16 Å². The molecule has 0 aromatic carbocycles. The molecule has 1 unspecified atom stereocenters. The van der Waals surface area contributed by atoms with Crippen LogP contribution in [0.1, 0.15) is 29.9 Å². The summed E-state index contributed by atoms with van der Waals surface area (Å²) in [6.45, 7) is 2.17. The predicted molar refractivity (Wildman–Crippen MR) is 63.1 cm³/mol. The number of alkyl halides is 3. The molecule has 1 saturated heterocycles. The Morgan fingerprint density at radius 3 is 2.86 bits per heavy atom. The number of halogens is 3. The summed E-state index contributed by atoms with van der Waals surface area (Å²) >= 11 is 0. The third-order valence-electron chi connectivity index (χ3n) is 3.61. The molecule has 0 saturated carbocycles. The molecule has 1 aliphatic rings. The van der Waals surface area contributed by atoms with Gasteiger partial charge in [-0.3, -0.25) is 5.32 Å². The van der Waals surface area contributed by atoms with Crippen molar-refractivity contribution in [3.63, 3.8) is 0 Å². The van der Waals surface area contributed by atoms with Crippen LogP contribution in [-0.4, -0.2) is 38.1 Å². The van der Waals surface area contributed by atoms with E-state index in [2.05, 4.69) is 25.9 Å². The van der Waals surface area contributed by atoms with Crippen LogP contribution < -0.4 is 5.32 Å². The van der Waals surface area contributed by atoms with E-state index in [1.165, 1.54) is 6.26 Å². The lowest BCUT2D eigenvalue weighted by atomic mass is 9.96. The number of rotatable bonds is 3. The second kappa shape index (κ2) is 4.79. The molecule has 1 fully saturated rings. The smallest absolute Gasteiger partial charge is 0.364 e. The average molecular weight is 302 g/mol. The van der Waals surface area contributed by atoms with Crippen LogP contribution in [0.5, 0.6) is 0 Å².